The molecular formula is C21H20FN7O. The van der Waals surface area contributed by atoms with E-state index in [2.05, 4.69) is 30.7 Å². The van der Waals surface area contributed by atoms with Crippen LogP contribution in [0.2, 0.25) is 0 Å². The first-order valence-corrected chi connectivity index (χ1v) is 9.35. The van der Waals surface area contributed by atoms with Crippen molar-refractivity contribution in [2.24, 2.45) is 7.05 Å². The van der Waals surface area contributed by atoms with Crippen molar-refractivity contribution in [1.82, 2.24) is 24.7 Å². The number of nitrogens with one attached hydrogen (secondary N) is 2. The molecule has 8 nitrogen and oxygen atoms in total. The van der Waals surface area contributed by atoms with E-state index >= 15 is 4.39 Å². The fraction of sp³-hybridized carbons (Fsp3) is 0.190. The molecule has 1 atom stereocenters. The molecule has 2 N–H and O–H groups in total. The zero-order valence-corrected chi connectivity index (χ0v) is 16.7. The summed E-state index contributed by atoms with van der Waals surface area (Å²) in [7, 11) is 1.78. The van der Waals surface area contributed by atoms with Crippen molar-refractivity contribution in [3.63, 3.8) is 0 Å². The van der Waals surface area contributed by atoms with Crippen LogP contribution in [0.4, 0.5) is 15.9 Å². The lowest BCUT2D eigenvalue weighted by atomic mass is 10.1. The van der Waals surface area contributed by atoms with Gasteiger partial charge in [-0.2, -0.15) is 5.10 Å². The van der Waals surface area contributed by atoms with Gasteiger partial charge < -0.3 is 10.6 Å². The highest BCUT2D eigenvalue weighted by molar-refractivity contribution is 6.04. The Kier molecular flexibility index (Phi) is 5.09. The number of fused-ring (bicyclic) bond motifs is 1. The van der Waals surface area contributed by atoms with Crippen LogP contribution in [-0.2, 0) is 7.05 Å². The van der Waals surface area contributed by atoms with Crippen molar-refractivity contribution in [2.45, 2.75) is 19.9 Å². The maximum absolute atomic E-state index is 15.1. The number of carbonyl (C=O) groups excluding carboxylic acids is 1. The molecule has 3 heterocycles. The maximum atomic E-state index is 15.1. The molecule has 9 heteroatoms. The van der Waals surface area contributed by atoms with Crippen LogP contribution in [-0.4, -0.2) is 30.6 Å². The van der Waals surface area contributed by atoms with E-state index in [0.717, 1.165) is 5.56 Å². The molecule has 0 unspecified atom stereocenters. The number of hydrogen-bond acceptors (Lipinski definition) is 6. The Morgan fingerprint density at radius 1 is 1.20 bits per heavy atom. The van der Waals surface area contributed by atoms with Gasteiger partial charge in [0.2, 0.25) is 0 Å². The van der Waals surface area contributed by atoms with Crippen LogP contribution in [0.25, 0.3) is 11.2 Å². The Balaban J connectivity index is 1.55. The molecule has 0 saturated carbocycles. The summed E-state index contributed by atoms with van der Waals surface area (Å²) in [5, 5.41) is 9.89. The molecule has 0 saturated heterocycles. The summed E-state index contributed by atoms with van der Waals surface area (Å²) in [5.41, 5.74) is 3.01. The van der Waals surface area contributed by atoms with Crippen molar-refractivity contribution in [1.29, 1.82) is 0 Å². The highest BCUT2D eigenvalue weighted by atomic mass is 19.1. The van der Waals surface area contributed by atoms with Gasteiger partial charge in [0, 0.05) is 25.0 Å². The van der Waals surface area contributed by atoms with Crippen molar-refractivity contribution in [3.05, 3.63) is 71.6 Å². The zero-order valence-electron chi connectivity index (χ0n) is 16.7. The fourth-order valence-electron chi connectivity index (χ4n) is 3.14. The molecule has 0 radical (unpaired) electrons. The number of aryl methyl sites for hydroxylation is 2. The number of halogens is 1. The number of amides is 1. The summed E-state index contributed by atoms with van der Waals surface area (Å²) in [6.07, 6.45) is 6.30. The van der Waals surface area contributed by atoms with Gasteiger partial charge in [0.05, 0.1) is 29.7 Å². The van der Waals surface area contributed by atoms with E-state index < -0.39 is 17.8 Å². The Hall–Kier alpha value is -3.88. The van der Waals surface area contributed by atoms with Crippen LogP contribution in [0, 0.1) is 12.7 Å². The van der Waals surface area contributed by atoms with Crippen LogP contribution in [0.5, 0.6) is 0 Å². The van der Waals surface area contributed by atoms with E-state index in [4.69, 9.17) is 0 Å². The van der Waals surface area contributed by atoms with Crippen molar-refractivity contribution in [3.8, 4) is 0 Å². The molecule has 0 spiro atoms. The first-order chi connectivity index (χ1) is 14.4. The van der Waals surface area contributed by atoms with Gasteiger partial charge in [-0.15, -0.1) is 0 Å². The molecule has 0 bridgehead atoms. The lowest BCUT2D eigenvalue weighted by Crippen LogP contribution is -2.16. The summed E-state index contributed by atoms with van der Waals surface area (Å²) in [6, 6.07) is 6.15. The third kappa shape index (κ3) is 3.82. The molecule has 1 aromatic carbocycles. The lowest BCUT2D eigenvalue weighted by Gasteiger charge is -2.17. The second-order valence-corrected chi connectivity index (χ2v) is 7.01. The highest BCUT2D eigenvalue weighted by Crippen LogP contribution is 2.26. The third-order valence-corrected chi connectivity index (χ3v) is 4.69. The number of carbonyl (C=O) groups is 1. The van der Waals surface area contributed by atoms with E-state index in [1.807, 2.05) is 13.8 Å². The summed E-state index contributed by atoms with van der Waals surface area (Å²) < 4.78 is 16.7. The summed E-state index contributed by atoms with van der Waals surface area (Å²) >= 11 is 0. The minimum absolute atomic E-state index is 0.0980. The summed E-state index contributed by atoms with van der Waals surface area (Å²) in [4.78, 5) is 25.2. The minimum Gasteiger partial charge on any atom is -0.362 e. The van der Waals surface area contributed by atoms with Crippen molar-refractivity contribution < 1.29 is 9.18 Å². The largest absolute Gasteiger partial charge is 0.362 e. The number of aromatic nitrogens is 5. The average Bonchev–Trinajstić information content (AvgIpc) is 3.10. The lowest BCUT2D eigenvalue weighted by molar-refractivity contribution is 0.102. The second-order valence-electron chi connectivity index (χ2n) is 7.01. The first-order valence-electron chi connectivity index (χ1n) is 9.35. The van der Waals surface area contributed by atoms with Gasteiger partial charge in [-0.1, -0.05) is 12.1 Å². The number of nitrogens with zero attached hydrogens (tertiary/aromatic N) is 5. The molecule has 152 valence electrons. The molecule has 0 aliphatic heterocycles. The number of hydrogen-bond donors (Lipinski definition) is 2. The van der Waals surface area contributed by atoms with E-state index in [-0.39, 0.29) is 5.69 Å². The average molecular weight is 405 g/mol. The van der Waals surface area contributed by atoms with E-state index in [1.54, 1.807) is 48.5 Å². The van der Waals surface area contributed by atoms with Gasteiger partial charge in [-0.05, 0) is 31.5 Å². The zero-order chi connectivity index (χ0) is 21.3. The Morgan fingerprint density at radius 3 is 2.83 bits per heavy atom. The molecule has 0 fully saturated rings. The van der Waals surface area contributed by atoms with Gasteiger partial charge in [0.25, 0.3) is 5.91 Å². The van der Waals surface area contributed by atoms with Crippen molar-refractivity contribution >= 4 is 28.6 Å². The molecule has 1 amide bonds. The Labute approximate surface area is 172 Å². The Bertz CT molecular complexity index is 1240. The number of benzene rings is 1. The van der Waals surface area contributed by atoms with Gasteiger partial charge in [0.1, 0.15) is 11.3 Å². The first kappa shape index (κ1) is 19.4. The number of anilines is 2. The molecule has 30 heavy (non-hydrogen) atoms. The van der Waals surface area contributed by atoms with E-state index in [0.29, 0.717) is 28.1 Å². The maximum Gasteiger partial charge on any atom is 0.257 e. The van der Waals surface area contributed by atoms with Crippen LogP contribution in [0.1, 0.15) is 34.5 Å². The monoisotopic (exact) mass is 405 g/mol. The molecule has 0 aliphatic carbocycles. The van der Waals surface area contributed by atoms with Gasteiger partial charge in [0.15, 0.2) is 11.5 Å². The fourth-order valence-corrected chi connectivity index (χ4v) is 3.14. The van der Waals surface area contributed by atoms with E-state index in [1.165, 1.54) is 12.3 Å². The quantitative estimate of drug-likeness (QED) is 0.526. The van der Waals surface area contributed by atoms with Crippen LogP contribution >= 0.6 is 0 Å². The summed E-state index contributed by atoms with van der Waals surface area (Å²) in [6.45, 7) is 3.65. The number of rotatable bonds is 5. The predicted molar refractivity (Wildman–Crippen MR) is 112 cm³/mol. The third-order valence-electron chi connectivity index (χ3n) is 4.69. The molecular weight excluding hydrogens is 385 g/mol. The highest BCUT2D eigenvalue weighted by Gasteiger charge is 2.17. The van der Waals surface area contributed by atoms with Gasteiger partial charge in [-0.25, -0.2) is 19.0 Å². The van der Waals surface area contributed by atoms with Gasteiger partial charge >= 0.3 is 0 Å². The van der Waals surface area contributed by atoms with E-state index in [9.17, 15) is 4.79 Å². The predicted octanol–water partition coefficient (Wildman–Crippen LogP) is 3.63. The Morgan fingerprint density at radius 2 is 2.03 bits per heavy atom. The summed E-state index contributed by atoms with van der Waals surface area (Å²) in [5.74, 6) is -0.435. The molecule has 4 rings (SSSR count). The normalized spacial score (nSPS) is 12.0. The van der Waals surface area contributed by atoms with Gasteiger partial charge in [-0.3, -0.25) is 9.78 Å². The smallest absolute Gasteiger partial charge is 0.257 e. The van der Waals surface area contributed by atoms with Crippen LogP contribution in [0.3, 0.4) is 0 Å². The number of pyridine rings is 1. The topological polar surface area (TPSA) is 97.6 Å². The minimum atomic E-state index is -0.513. The van der Waals surface area contributed by atoms with Crippen LogP contribution in [0.15, 0.2) is 49.1 Å². The molecule has 3 aromatic heterocycles. The standard InChI is InChI=1S/C21H20FN7O/c1-12-7-14(9-23-8-12)21(30)27-16-6-4-5-15(19(16)22)13(2)26-18-11-24-17-10-25-29(3)20(17)28-18/h4-11,13H,1-3H3,(H,26,28)(H,27,30)/t13-/m0/s1. The van der Waals surface area contributed by atoms with Crippen LogP contribution < -0.4 is 10.6 Å². The second kappa shape index (κ2) is 7.86. The molecule has 4 aromatic rings. The SMILES string of the molecule is Cc1cncc(C(=O)Nc2cccc([C@H](C)Nc3cnc4cnn(C)c4n3)c2F)c1. The van der Waals surface area contributed by atoms with Crippen molar-refractivity contribution in [2.75, 3.05) is 10.6 Å². The molecule has 0 aliphatic rings.